The topological polar surface area (TPSA) is 43.1 Å². The molecule has 0 spiro atoms. The Kier molecular flexibility index (Phi) is 4.55. The average molecular weight is 179 g/mol. The Morgan fingerprint density at radius 3 is 1.90 bits per heavy atom. The van der Waals surface area contributed by atoms with E-state index in [2.05, 4.69) is 0 Å². The summed E-state index contributed by atoms with van der Waals surface area (Å²) in [7, 11) is 0. The third-order valence-corrected chi connectivity index (χ3v) is 3.27. The van der Waals surface area contributed by atoms with Gasteiger partial charge < -0.3 is 0 Å². The first-order chi connectivity index (χ1) is 4.63. The maximum atomic E-state index is 10.2. The highest BCUT2D eigenvalue weighted by Crippen LogP contribution is 2.27. The summed E-state index contributed by atoms with van der Waals surface area (Å²) in [5, 5.41) is 10.2. The van der Waals surface area contributed by atoms with E-state index < -0.39 is 0 Å². The first-order valence-electron chi connectivity index (χ1n) is 2.56. The predicted octanol–water partition coefficient (Wildman–Crippen LogP) is 2.18. The normalized spacial score (nSPS) is 9.10. The van der Waals surface area contributed by atoms with Gasteiger partial charge in [0.25, 0.3) is 5.70 Å². The van der Waals surface area contributed by atoms with E-state index in [1.165, 1.54) is 30.4 Å². The molecule has 3 nitrogen and oxygen atoms in total. The number of nitrogens with zero attached hydrogens (tertiary/aromatic N) is 1. The van der Waals surface area contributed by atoms with E-state index in [-0.39, 0.29) is 10.6 Å². The molecule has 0 fully saturated rings. The van der Waals surface area contributed by atoms with Gasteiger partial charge >= 0.3 is 0 Å². The van der Waals surface area contributed by atoms with Crippen LogP contribution in [0, 0.1) is 10.1 Å². The van der Waals surface area contributed by atoms with Gasteiger partial charge in [-0.1, -0.05) is 0 Å². The Hall–Kier alpha value is -0.160. The minimum absolute atomic E-state index is 0.236. The van der Waals surface area contributed by atoms with Gasteiger partial charge in [-0.3, -0.25) is 10.1 Å². The molecule has 0 aliphatic rings. The van der Waals surface area contributed by atoms with E-state index in [0.29, 0.717) is 0 Å². The molecule has 0 atom stereocenters. The molecule has 0 aliphatic heterocycles. The minimum Gasteiger partial charge on any atom is -0.259 e. The van der Waals surface area contributed by atoms with E-state index in [9.17, 15) is 10.1 Å². The van der Waals surface area contributed by atoms with Crippen LogP contribution in [0.3, 0.4) is 0 Å². The van der Waals surface area contributed by atoms with Crippen molar-refractivity contribution in [2.24, 2.45) is 0 Å². The summed E-state index contributed by atoms with van der Waals surface area (Å²) in [5.41, 5.74) is 0.236. The fourth-order valence-electron chi connectivity index (χ4n) is 0.453. The summed E-state index contributed by atoms with van der Waals surface area (Å²) < 4.78 is 0.769. The number of hydrogen-bond donors (Lipinski definition) is 0. The summed E-state index contributed by atoms with van der Waals surface area (Å²) >= 11 is 2.81. The Bertz CT molecular complexity index is 161. The highest BCUT2D eigenvalue weighted by molar-refractivity contribution is 8.21. The Labute approximate surface area is 68.4 Å². The molecule has 0 aliphatic carbocycles. The predicted molar refractivity (Wildman–Crippen MR) is 46.7 cm³/mol. The van der Waals surface area contributed by atoms with Crippen molar-refractivity contribution in [3.63, 3.8) is 0 Å². The maximum Gasteiger partial charge on any atom is 0.262 e. The van der Waals surface area contributed by atoms with Gasteiger partial charge in [-0.05, 0) is 12.5 Å². The molecule has 0 amide bonds. The Morgan fingerprint density at radius 2 is 1.80 bits per heavy atom. The monoisotopic (exact) mass is 179 g/mol. The van der Waals surface area contributed by atoms with E-state index >= 15 is 0 Å². The zero-order valence-electron chi connectivity index (χ0n) is 6.08. The molecule has 10 heavy (non-hydrogen) atoms. The van der Waals surface area contributed by atoms with Crippen molar-refractivity contribution >= 4 is 23.5 Å². The molecule has 0 rings (SSSR count). The molecule has 0 aromatic rings. The van der Waals surface area contributed by atoms with E-state index in [4.69, 9.17) is 0 Å². The van der Waals surface area contributed by atoms with E-state index in [0.717, 1.165) is 4.24 Å². The van der Waals surface area contributed by atoms with Crippen LogP contribution >= 0.6 is 23.5 Å². The summed E-state index contributed by atoms with van der Waals surface area (Å²) in [6.07, 6.45) is 3.66. The van der Waals surface area contributed by atoms with Crippen LogP contribution in [0.2, 0.25) is 0 Å². The number of thioether (sulfide) groups is 2. The molecular weight excluding hydrogens is 170 g/mol. The second-order valence-electron chi connectivity index (χ2n) is 1.54. The first-order valence-corrected chi connectivity index (χ1v) is 5.01. The lowest BCUT2D eigenvalue weighted by Gasteiger charge is -1.97. The van der Waals surface area contributed by atoms with Crippen LogP contribution in [0.25, 0.3) is 0 Å². The smallest absolute Gasteiger partial charge is 0.259 e. The highest BCUT2D eigenvalue weighted by atomic mass is 32.2. The lowest BCUT2D eigenvalue weighted by Crippen LogP contribution is -1.95. The molecule has 0 aromatic carbocycles. The lowest BCUT2D eigenvalue weighted by molar-refractivity contribution is -0.424. The summed E-state index contributed by atoms with van der Waals surface area (Å²) in [6.45, 7) is 1.52. The number of allylic oxidation sites excluding steroid dienone is 1. The number of rotatable bonds is 3. The molecule has 0 N–H and O–H groups in total. The Balaban J connectivity index is 4.43. The molecule has 0 aromatic heterocycles. The van der Waals surface area contributed by atoms with Crippen molar-refractivity contribution in [1.82, 2.24) is 0 Å². The van der Waals surface area contributed by atoms with Gasteiger partial charge in [0.2, 0.25) is 0 Å². The van der Waals surface area contributed by atoms with Gasteiger partial charge in [-0.15, -0.1) is 23.5 Å². The highest BCUT2D eigenvalue weighted by Gasteiger charge is 2.09. The SMILES string of the molecule is CSC(SC)=C(C)[N+](=O)[O-]. The van der Waals surface area contributed by atoms with Gasteiger partial charge in [0.05, 0.1) is 4.92 Å². The fraction of sp³-hybridized carbons (Fsp3) is 0.600. The third kappa shape index (κ3) is 2.62. The van der Waals surface area contributed by atoms with Crippen LogP contribution in [0.5, 0.6) is 0 Å². The lowest BCUT2D eigenvalue weighted by atomic mass is 10.6. The van der Waals surface area contributed by atoms with Crippen molar-refractivity contribution in [3.8, 4) is 0 Å². The van der Waals surface area contributed by atoms with Crippen LogP contribution in [-0.4, -0.2) is 17.4 Å². The van der Waals surface area contributed by atoms with Gasteiger partial charge in [0, 0.05) is 6.92 Å². The van der Waals surface area contributed by atoms with Crippen LogP contribution < -0.4 is 0 Å². The third-order valence-electron chi connectivity index (χ3n) is 0.940. The van der Waals surface area contributed by atoms with Crippen molar-refractivity contribution < 1.29 is 4.92 Å². The van der Waals surface area contributed by atoms with Crippen molar-refractivity contribution in [1.29, 1.82) is 0 Å². The molecule has 0 unspecified atom stereocenters. The van der Waals surface area contributed by atoms with Gasteiger partial charge in [0.1, 0.15) is 4.24 Å². The van der Waals surface area contributed by atoms with Crippen LogP contribution in [-0.2, 0) is 0 Å². The van der Waals surface area contributed by atoms with E-state index in [1.807, 2.05) is 12.5 Å². The molecular formula is C5H9NO2S2. The summed E-state index contributed by atoms with van der Waals surface area (Å²) in [6, 6.07) is 0. The summed E-state index contributed by atoms with van der Waals surface area (Å²) in [5.74, 6) is 0. The van der Waals surface area contributed by atoms with Crippen LogP contribution in [0.15, 0.2) is 9.93 Å². The van der Waals surface area contributed by atoms with Crippen molar-refractivity contribution in [3.05, 3.63) is 20.0 Å². The molecule has 0 bridgehead atoms. The molecule has 0 heterocycles. The second kappa shape index (κ2) is 4.62. The maximum absolute atomic E-state index is 10.2. The standard InChI is InChI=1S/C5H9NO2S2/c1-4(6(7)8)5(9-2)10-3/h1-3H3. The van der Waals surface area contributed by atoms with Gasteiger partial charge in [0.15, 0.2) is 0 Å². The number of hydrogen-bond acceptors (Lipinski definition) is 4. The molecule has 0 radical (unpaired) electrons. The zero-order chi connectivity index (χ0) is 8.15. The van der Waals surface area contributed by atoms with Crippen molar-refractivity contribution in [2.45, 2.75) is 6.92 Å². The van der Waals surface area contributed by atoms with Crippen LogP contribution in [0.4, 0.5) is 0 Å². The zero-order valence-corrected chi connectivity index (χ0v) is 7.71. The molecule has 0 saturated carbocycles. The van der Waals surface area contributed by atoms with Gasteiger partial charge in [-0.25, -0.2) is 0 Å². The largest absolute Gasteiger partial charge is 0.262 e. The molecule has 58 valence electrons. The average Bonchev–Trinajstić information content (AvgIpc) is 1.90. The fourth-order valence-corrected chi connectivity index (χ4v) is 1.86. The van der Waals surface area contributed by atoms with Crippen LogP contribution in [0.1, 0.15) is 6.92 Å². The first kappa shape index (κ1) is 9.84. The second-order valence-corrected chi connectivity index (χ2v) is 3.43. The minimum atomic E-state index is -0.359. The summed E-state index contributed by atoms with van der Waals surface area (Å²) in [4.78, 5) is 9.82. The quantitative estimate of drug-likeness (QED) is 0.492. The van der Waals surface area contributed by atoms with Gasteiger partial charge in [-0.2, -0.15) is 0 Å². The number of nitro groups is 1. The molecule has 0 saturated heterocycles. The van der Waals surface area contributed by atoms with E-state index in [1.54, 1.807) is 0 Å². The van der Waals surface area contributed by atoms with Crippen molar-refractivity contribution in [2.75, 3.05) is 12.5 Å². The Morgan fingerprint density at radius 1 is 1.40 bits per heavy atom. The molecule has 5 heteroatoms.